The van der Waals surface area contributed by atoms with Crippen LogP contribution in [0.15, 0.2) is 47.9 Å². The van der Waals surface area contributed by atoms with Crippen molar-refractivity contribution in [1.82, 2.24) is 4.72 Å². The molecule has 0 heterocycles. The number of ether oxygens (including phenoxy) is 1. The molecule has 31 heavy (non-hydrogen) atoms. The van der Waals surface area contributed by atoms with Crippen molar-refractivity contribution in [2.24, 2.45) is 5.92 Å². The summed E-state index contributed by atoms with van der Waals surface area (Å²) in [6, 6.07) is 10.4. The maximum atomic E-state index is 14.0. The molecular formula is C22H25FN2O5S. The van der Waals surface area contributed by atoms with Crippen molar-refractivity contribution in [2.75, 3.05) is 18.5 Å². The molecule has 1 saturated carbocycles. The zero-order chi connectivity index (χ0) is 22.4. The lowest BCUT2D eigenvalue weighted by atomic mass is 10.1. The smallest absolute Gasteiger partial charge is 0.322 e. The lowest BCUT2D eigenvalue weighted by molar-refractivity contribution is -0.134. The summed E-state index contributed by atoms with van der Waals surface area (Å²) in [5.41, 5.74) is 1.74. The summed E-state index contributed by atoms with van der Waals surface area (Å²) in [5, 5.41) is 12.5. The summed E-state index contributed by atoms with van der Waals surface area (Å²) < 4.78 is 47.0. The van der Waals surface area contributed by atoms with Crippen molar-refractivity contribution in [3.05, 3.63) is 64.8 Å². The Kier molecular flexibility index (Phi) is 7.29. The Bertz CT molecular complexity index is 1070. The van der Waals surface area contributed by atoms with Gasteiger partial charge in [0.25, 0.3) is 0 Å². The number of carbonyl (C=O) groups is 1. The number of hydrogen-bond donors (Lipinski definition) is 3. The molecule has 0 aliphatic heterocycles. The molecule has 2 aromatic carbocycles. The SMILES string of the molecule is C[C@@H](NS(=O)(=O)/C=C/c1cccc(NCC(=O)O)c1)c1ccc(F)c(OCC2CC2)c1. The molecule has 0 aromatic heterocycles. The van der Waals surface area contributed by atoms with Gasteiger partial charge in [0.05, 0.1) is 6.61 Å². The minimum absolute atomic E-state index is 0.122. The standard InChI is InChI=1S/C22H25FN2O5S/c1-15(18-7-8-20(23)21(12-18)30-14-17-5-6-17)25-31(28,29)10-9-16-3-2-4-19(11-16)24-13-22(26)27/h2-4,7-12,15,17,24-25H,5-6,13-14H2,1H3,(H,26,27)/b10-9+/t15-/m1/s1. The highest BCUT2D eigenvalue weighted by Gasteiger charge is 2.23. The van der Waals surface area contributed by atoms with Gasteiger partial charge in [0.1, 0.15) is 6.54 Å². The number of benzene rings is 2. The summed E-state index contributed by atoms with van der Waals surface area (Å²) in [6.07, 6.45) is 3.58. The number of hydrogen-bond acceptors (Lipinski definition) is 5. The van der Waals surface area contributed by atoms with Gasteiger partial charge in [0, 0.05) is 17.1 Å². The van der Waals surface area contributed by atoms with Crippen LogP contribution in [0.4, 0.5) is 10.1 Å². The third-order valence-electron chi connectivity index (χ3n) is 4.74. The van der Waals surface area contributed by atoms with Crippen molar-refractivity contribution < 1.29 is 27.4 Å². The lowest BCUT2D eigenvalue weighted by Crippen LogP contribution is -2.24. The van der Waals surface area contributed by atoms with Crippen LogP contribution in [0.1, 0.15) is 36.9 Å². The predicted octanol–water partition coefficient (Wildman–Crippen LogP) is 3.76. The zero-order valence-electron chi connectivity index (χ0n) is 17.0. The molecule has 1 fully saturated rings. The molecule has 0 amide bonds. The van der Waals surface area contributed by atoms with E-state index in [0.29, 0.717) is 29.3 Å². The van der Waals surface area contributed by atoms with E-state index in [1.54, 1.807) is 31.2 Å². The molecule has 7 nitrogen and oxygen atoms in total. The second-order valence-corrected chi connectivity index (χ2v) is 9.10. The average molecular weight is 449 g/mol. The van der Waals surface area contributed by atoms with Crippen LogP contribution in [0.2, 0.25) is 0 Å². The number of anilines is 1. The number of carboxylic acids is 1. The number of sulfonamides is 1. The fourth-order valence-corrected chi connectivity index (χ4v) is 3.89. The van der Waals surface area contributed by atoms with Crippen LogP contribution in [-0.4, -0.2) is 32.6 Å². The van der Waals surface area contributed by atoms with Gasteiger partial charge in [-0.25, -0.2) is 17.5 Å². The van der Waals surface area contributed by atoms with Gasteiger partial charge in [-0.05, 0) is 67.2 Å². The van der Waals surface area contributed by atoms with Crippen LogP contribution in [0, 0.1) is 11.7 Å². The summed E-state index contributed by atoms with van der Waals surface area (Å²) >= 11 is 0. The monoisotopic (exact) mass is 448 g/mol. The first-order valence-electron chi connectivity index (χ1n) is 9.90. The van der Waals surface area contributed by atoms with Crippen LogP contribution in [0.5, 0.6) is 5.75 Å². The van der Waals surface area contributed by atoms with E-state index >= 15 is 0 Å². The minimum Gasteiger partial charge on any atom is -0.490 e. The van der Waals surface area contributed by atoms with E-state index in [0.717, 1.165) is 18.2 Å². The third-order valence-corrected chi connectivity index (χ3v) is 5.91. The first-order valence-corrected chi connectivity index (χ1v) is 11.4. The van der Waals surface area contributed by atoms with E-state index in [-0.39, 0.29) is 12.3 Å². The van der Waals surface area contributed by atoms with Crippen LogP contribution in [0.3, 0.4) is 0 Å². The molecule has 3 N–H and O–H groups in total. The molecule has 166 valence electrons. The summed E-state index contributed by atoms with van der Waals surface area (Å²) in [6.45, 7) is 1.89. The molecule has 9 heteroatoms. The van der Waals surface area contributed by atoms with E-state index < -0.39 is 27.9 Å². The Balaban J connectivity index is 1.64. The van der Waals surface area contributed by atoms with E-state index in [2.05, 4.69) is 10.0 Å². The first-order chi connectivity index (χ1) is 14.7. The fourth-order valence-electron chi connectivity index (χ4n) is 2.84. The van der Waals surface area contributed by atoms with Gasteiger partial charge in [0.15, 0.2) is 11.6 Å². The highest BCUT2D eigenvalue weighted by atomic mass is 32.2. The normalized spacial score (nSPS) is 15.0. The Morgan fingerprint density at radius 3 is 2.77 bits per heavy atom. The summed E-state index contributed by atoms with van der Waals surface area (Å²) in [4.78, 5) is 10.7. The molecule has 1 aliphatic carbocycles. The van der Waals surface area contributed by atoms with Crippen molar-refractivity contribution in [3.8, 4) is 5.75 Å². The predicted molar refractivity (Wildman–Crippen MR) is 117 cm³/mol. The quantitative estimate of drug-likeness (QED) is 0.483. The Labute approximate surface area is 181 Å². The van der Waals surface area contributed by atoms with Crippen LogP contribution in [-0.2, 0) is 14.8 Å². The van der Waals surface area contributed by atoms with E-state index in [1.807, 2.05) is 0 Å². The molecule has 0 spiro atoms. The summed E-state index contributed by atoms with van der Waals surface area (Å²) in [7, 11) is -3.78. The van der Waals surface area contributed by atoms with E-state index in [9.17, 15) is 17.6 Å². The van der Waals surface area contributed by atoms with Gasteiger partial charge in [0.2, 0.25) is 10.0 Å². The summed E-state index contributed by atoms with van der Waals surface area (Å²) in [5.74, 6) is -0.877. The number of rotatable bonds is 11. The van der Waals surface area contributed by atoms with Gasteiger partial charge in [-0.15, -0.1) is 0 Å². The van der Waals surface area contributed by atoms with Crippen molar-refractivity contribution in [1.29, 1.82) is 0 Å². The average Bonchev–Trinajstić information content (AvgIpc) is 3.55. The number of carboxylic acid groups (broad SMARTS) is 1. The Hall–Kier alpha value is -2.91. The maximum absolute atomic E-state index is 14.0. The zero-order valence-corrected chi connectivity index (χ0v) is 17.9. The van der Waals surface area contributed by atoms with Crippen molar-refractivity contribution in [2.45, 2.75) is 25.8 Å². The van der Waals surface area contributed by atoms with Gasteiger partial charge in [-0.1, -0.05) is 18.2 Å². The second-order valence-electron chi connectivity index (χ2n) is 7.50. The highest BCUT2D eigenvalue weighted by Crippen LogP contribution is 2.31. The van der Waals surface area contributed by atoms with Gasteiger partial charge in [-0.3, -0.25) is 4.79 Å². The van der Waals surface area contributed by atoms with E-state index in [4.69, 9.17) is 9.84 Å². The molecule has 3 rings (SSSR count). The molecule has 2 aromatic rings. The molecule has 0 bridgehead atoms. The molecule has 1 aliphatic rings. The van der Waals surface area contributed by atoms with Crippen LogP contribution >= 0.6 is 0 Å². The molecule has 1 atom stereocenters. The van der Waals surface area contributed by atoms with E-state index in [1.165, 1.54) is 24.3 Å². The van der Waals surface area contributed by atoms with Crippen LogP contribution < -0.4 is 14.8 Å². The number of nitrogens with one attached hydrogen (secondary N) is 2. The maximum Gasteiger partial charge on any atom is 0.322 e. The third kappa shape index (κ3) is 7.37. The van der Waals surface area contributed by atoms with Crippen LogP contribution in [0.25, 0.3) is 6.08 Å². The largest absolute Gasteiger partial charge is 0.490 e. The van der Waals surface area contributed by atoms with Gasteiger partial charge in [-0.2, -0.15) is 0 Å². The topological polar surface area (TPSA) is 105 Å². The van der Waals surface area contributed by atoms with Crippen molar-refractivity contribution in [3.63, 3.8) is 0 Å². The minimum atomic E-state index is -3.78. The highest BCUT2D eigenvalue weighted by molar-refractivity contribution is 7.92. The second kappa shape index (κ2) is 9.93. The van der Waals surface area contributed by atoms with Gasteiger partial charge < -0.3 is 15.2 Å². The number of aliphatic carboxylic acids is 1. The Morgan fingerprint density at radius 1 is 1.29 bits per heavy atom. The first kappa shape index (κ1) is 22.8. The van der Waals surface area contributed by atoms with Crippen molar-refractivity contribution >= 4 is 27.8 Å². The fraction of sp³-hybridized carbons (Fsp3) is 0.318. The molecule has 0 radical (unpaired) electrons. The molecule has 0 unspecified atom stereocenters. The molecular weight excluding hydrogens is 423 g/mol. The lowest BCUT2D eigenvalue weighted by Gasteiger charge is -2.15. The van der Waals surface area contributed by atoms with Gasteiger partial charge >= 0.3 is 5.97 Å². The Morgan fingerprint density at radius 2 is 2.06 bits per heavy atom. The molecule has 0 saturated heterocycles. The number of halogens is 1.